The highest BCUT2D eigenvalue weighted by Crippen LogP contribution is 2.27. The van der Waals surface area contributed by atoms with Crippen molar-refractivity contribution in [2.45, 2.75) is 36.6 Å². The number of aliphatic hydroxyl groups is 1. The predicted molar refractivity (Wildman–Crippen MR) is 76.2 cm³/mol. The van der Waals surface area contributed by atoms with Gasteiger partial charge in [-0.15, -0.1) is 0 Å². The number of anilines is 1. The molecule has 1 heterocycles. The Labute approximate surface area is 115 Å². The Balaban J connectivity index is 2.20. The Morgan fingerprint density at radius 2 is 1.95 bits per heavy atom. The van der Waals surface area contributed by atoms with Gasteiger partial charge in [0.1, 0.15) is 0 Å². The number of sulfone groups is 1. The van der Waals surface area contributed by atoms with E-state index in [0.29, 0.717) is 10.9 Å². The van der Waals surface area contributed by atoms with E-state index in [-0.39, 0.29) is 6.61 Å². The SMILES string of the molecule is CS(=O)(=O)c1ccc(N2CCCCC2CCO)cc1. The van der Waals surface area contributed by atoms with Gasteiger partial charge >= 0.3 is 0 Å². The zero-order chi connectivity index (χ0) is 13.9. The van der Waals surface area contributed by atoms with Crippen molar-refractivity contribution in [2.24, 2.45) is 0 Å². The number of benzene rings is 1. The second-order valence-corrected chi connectivity index (χ2v) is 7.14. The molecule has 4 nitrogen and oxygen atoms in total. The minimum absolute atomic E-state index is 0.197. The summed E-state index contributed by atoms with van der Waals surface area (Å²) in [4.78, 5) is 2.64. The fraction of sp³-hybridized carbons (Fsp3) is 0.571. The van der Waals surface area contributed by atoms with Crippen LogP contribution in [0.1, 0.15) is 25.7 Å². The van der Waals surface area contributed by atoms with Crippen LogP contribution in [0.25, 0.3) is 0 Å². The van der Waals surface area contributed by atoms with Gasteiger partial charge in [0.2, 0.25) is 0 Å². The molecule has 1 saturated heterocycles. The van der Waals surface area contributed by atoms with Crippen molar-refractivity contribution < 1.29 is 13.5 Å². The van der Waals surface area contributed by atoms with E-state index in [1.165, 1.54) is 12.7 Å². The molecule has 1 N–H and O–H groups in total. The highest BCUT2D eigenvalue weighted by Gasteiger charge is 2.22. The molecular formula is C14H21NO3S. The van der Waals surface area contributed by atoms with Crippen LogP contribution in [-0.4, -0.2) is 39.0 Å². The Bertz CT molecular complexity index is 508. The van der Waals surface area contributed by atoms with Gasteiger partial charge in [0.05, 0.1) is 4.90 Å². The Hall–Kier alpha value is -1.07. The maximum Gasteiger partial charge on any atom is 0.175 e. The Morgan fingerprint density at radius 3 is 2.53 bits per heavy atom. The van der Waals surface area contributed by atoms with Gasteiger partial charge in [0.25, 0.3) is 0 Å². The molecule has 1 fully saturated rings. The minimum Gasteiger partial charge on any atom is -0.396 e. The van der Waals surface area contributed by atoms with Gasteiger partial charge in [-0.3, -0.25) is 0 Å². The molecule has 1 aliphatic rings. The molecule has 1 aliphatic heterocycles. The van der Waals surface area contributed by atoms with Crippen LogP contribution < -0.4 is 4.90 Å². The van der Waals surface area contributed by atoms with E-state index in [0.717, 1.165) is 31.5 Å². The average molecular weight is 283 g/mol. The van der Waals surface area contributed by atoms with E-state index in [1.54, 1.807) is 12.1 Å². The van der Waals surface area contributed by atoms with Gasteiger partial charge in [-0.25, -0.2) is 8.42 Å². The van der Waals surface area contributed by atoms with Gasteiger partial charge in [-0.2, -0.15) is 0 Å². The van der Waals surface area contributed by atoms with Crippen LogP contribution in [0.2, 0.25) is 0 Å². The van der Waals surface area contributed by atoms with Crippen molar-refractivity contribution in [1.29, 1.82) is 0 Å². The van der Waals surface area contributed by atoms with Crippen LogP contribution in [0.5, 0.6) is 0 Å². The van der Waals surface area contributed by atoms with Crippen molar-refractivity contribution in [3.8, 4) is 0 Å². The molecule has 2 rings (SSSR count). The largest absolute Gasteiger partial charge is 0.396 e. The molecule has 19 heavy (non-hydrogen) atoms. The van der Waals surface area contributed by atoms with Crippen LogP contribution in [-0.2, 0) is 9.84 Å². The van der Waals surface area contributed by atoms with E-state index >= 15 is 0 Å². The quantitative estimate of drug-likeness (QED) is 0.916. The van der Waals surface area contributed by atoms with Crippen molar-refractivity contribution >= 4 is 15.5 Å². The molecule has 0 radical (unpaired) electrons. The third-order valence-corrected chi connectivity index (χ3v) is 4.81. The fourth-order valence-electron chi connectivity index (χ4n) is 2.67. The highest BCUT2D eigenvalue weighted by molar-refractivity contribution is 7.90. The lowest BCUT2D eigenvalue weighted by Gasteiger charge is -2.37. The molecular weight excluding hydrogens is 262 g/mol. The second-order valence-electron chi connectivity index (χ2n) is 5.12. The van der Waals surface area contributed by atoms with Crippen molar-refractivity contribution in [2.75, 3.05) is 24.3 Å². The minimum atomic E-state index is -3.13. The molecule has 5 heteroatoms. The lowest BCUT2D eigenvalue weighted by Crippen LogP contribution is -2.40. The first-order chi connectivity index (χ1) is 9.02. The molecule has 1 unspecified atom stereocenters. The van der Waals surface area contributed by atoms with Gasteiger partial charge in [0.15, 0.2) is 9.84 Å². The maximum absolute atomic E-state index is 11.4. The molecule has 0 bridgehead atoms. The number of rotatable bonds is 4. The number of piperidine rings is 1. The lowest BCUT2D eigenvalue weighted by molar-refractivity contribution is 0.262. The molecule has 0 aromatic heterocycles. The molecule has 0 amide bonds. The van der Waals surface area contributed by atoms with Crippen LogP contribution in [0.3, 0.4) is 0 Å². The van der Waals surface area contributed by atoms with E-state index in [4.69, 9.17) is 5.11 Å². The van der Waals surface area contributed by atoms with E-state index in [9.17, 15) is 8.42 Å². The third kappa shape index (κ3) is 3.48. The third-order valence-electron chi connectivity index (χ3n) is 3.69. The summed E-state index contributed by atoms with van der Waals surface area (Å²) in [5.41, 5.74) is 1.05. The van der Waals surface area contributed by atoms with Crippen LogP contribution in [0, 0.1) is 0 Å². The van der Waals surface area contributed by atoms with Crippen LogP contribution in [0.4, 0.5) is 5.69 Å². The van der Waals surface area contributed by atoms with Gasteiger partial charge in [-0.1, -0.05) is 0 Å². The summed E-state index contributed by atoms with van der Waals surface area (Å²) in [6.07, 6.45) is 5.43. The Morgan fingerprint density at radius 1 is 1.26 bits per heavy atom. The van der Waals surface area contributed by atoms with Gasteiger partial charge in [0, 0.05) is 31.1 Å². The summed E-state index contributed by atoms with van der Waals surface area (Å²) in [6, 6.07) is 7.42. The van der Waals surface area contributed by atoms with E-state index in [2.05, 4.69) is 4.90 Å². The zero-order valence-corrected chi connectivity index (χ0v) is 12.1. The topological polar surface area (TPSA) is 57.6 Å². The van der Waals surface area contributed by atoms with Gasteiger partial charge < -0.3 is 10.0 Å². The van der Waals surface area contributed by atoms with Crippen molar-refractivity contribution in [3.63, 3.8) is 0 Å². The van der Waals surface area contributed by atoms with E-state index in [1.807, 2.05) is 12.1 Å². The molecule has 0 spiro atoms. The molecule has 1 aromatic rings. The summed E-state index contributed by atoms with van der Waals surface area (Å²) in [6.45, 7) is 1.17. The molecule has 1 aromatic carbocycles. The zero-order valence-electron chi connectivity index (χ0n) is 11.2. The first kappa shape index (κ1) is 14.3. The molecule has 106 valence electrons. The summed E-state index contributed by atoms with van der Waals surface area (Å²) in [5.74, 6) is 0. The first-order valence-electron chi connectivity index (χ1n) is 6.70. The van der Waals surface area contributed by atoms with Crippen molar-refractivity contribution in [3.05, 3.63) is 24.3 Å². The summed E-state index contributed by atoms with van der Waals surface area (Å²) < 4.78 is 22.9. The fourth-order valence-corrected chi connectivity index (χ4v) is 3.30. The monoisotopic (exact) mass is 283 g/mol. The average Bonchev–Trinajstić information content (AvgIpc) is 2.39. The summed E-state index contributed by atoms with van der Waals surface area (Å²) in [7, 11) is -3.13. The smallest absolute Gasteiger partial charge is 0.175 e. The van der Waals surface area contributed by atoms with Crippen molar-refractivity contribution in [1.82, 2.24) is 0 Å². The summed E-state index contributed by atoms with van der Waals surface area (Å²) >= 11 is 0. The van der Waals surface area contributed by atoms with Gasteiger partial charge in [-0.05, 0) is 49.9 Å². The highest BCUT2D eigenvalue weighted by atomic mass is 32.2. The number of hydrogen-bond acceptors (Lipinski definition) is 4. The first-order valence-corrected chi connectivity index (χ1v) is 8.59. The maximum atomic E-state index is 11.4. The normalized spacial score (nSPS) is 20.5. The second kappa shape index (κ2) is 5.92. The van der Waals surface area contributed by atoms with Crippen LogP contribution >= 0.6 is 0 Å². The Kier molecular flexibility index (Phi) is 4.47. The molecule has 0 aliphatic carbocycles. The number of aliphatic hydroxyl groups excluding tert-OH is 1. The number of nitrogens with zero attached hydrogens (tertiary/aromatic N) is 1. The van der Waals surface area contributed by atoms with E-state index < -0.39 is 9.84 Å². The standard InChI is InChI=1S/C14H21NO3S/c1-19(17,18)14-7-5-13(6-8-14)15-10-3-2-4-12(15)9-11-16/h5-8,12,16H,2-4,9-11H2,1H3. The predicted octanol–water partition coefficient (Wildman–Crippen LogP) is 1.83. The number of hydrogen-bond donors (Lipinski definition) is 1. The summed E-state index contributed by atoms with van der Waals surface area (Å²) in [5, 5.41) is 9.13. The lowest BCUT2D eigenvalue weighted by atomic mass is 9.99. The molecule has 1 atom stereocenters. The molecule has 0 saturated carbocycles. The van der Waals surface area contributed by atoms with Crippen LogP contribution in [0.15, 0.2) is 29.2 Å².